The predicted molar refractivity (Wildman–Crippen MR) is 64.1 cm³/mol. The van der Waals surface area contributed by atoms with Crippen molar-refractivity contribution in [3.63, 3.8) is 0 Å². The van der Waals surface area contributed by atoms with Crippen molar-refractivity contribution in [2.45, 2.75) is 45.8 Å². The third-order valence-corrected chi connectivity index (χ3v) is 3.29. The van der Waals surface area contributed by atoms with Crippen molar-refractivity contribution < 1.29 is 4.74 Å². The van der Waals surface area contributed by atoms with Gasteiger partial charge in [-0.05, 0) is 45.9 Å². The molecule has 1 rings (SSSR count). The molecule has 3 nitrogen and oxygen atoms in total. The Kier molecular flexibility index (Phi) is 4.33. The Hall–Kier alpha value is -0.830. The molecule has 0 radical (unpaired) electrons. The lowest BCUT2D eigenvalue weighted by Crippen LogP contribution is -2.28. The van der Waals surface area contributed by atoms with Crippen LogP contribution in [0.5, 0.6) is 0 Å². The number of aliphatic imine (C=N–C) groups is 1. The summed E-state index contributed by atoms with van der Waals surface area (Å²) in [5.41, 5.74) is 1.17. The number of rotatable bonds is 4. The molecule has 0 bridgehead atoms. The molecule has 86 valence electrons. The van der Waals surface area contributed by atoms with Crippen LogP contribution in [0.1, 0.15) is 33.6 Å². The molecule has 1 aliphatic heterocycles. The van der Waals surface area contributed by atoms with Crippen LogP contribution in [0, 0.1) is 0 Å². The Morgan fingerprint density at radius 1 is 1.60 bits per heavy atom. The topological polar surface area (TPSA) is 24.8 Å². The van der Waals surface area contributed by atoms with E-state index in [1.54, 1.807) is 7.11 Å². The Morgan fingerprint density at radius 2 is 2.27 bits per heavy atom. The van der Waals surface area contributed by atoms with Crippen LogP contribution in [0.25, 0.3) is 0 Å². The summed E-state index contributed by atoms with van der Waals surface area (Å²) in [5, 5.41) is 0. The van der Waals surface area contributed by atoms with Gasteiger partial charge in [-0.3, -0.25) is 0 Å². The number of likely N-dealkylation sites (tertiary alicyclic amines) is 1. The summed E-state index contributed by atoms with van der Waals surface area (Å²) in [4.78, 5) is 6.50. The van der Waals surface area contributed by atoms with Gasteiger partial charge in [-0.1, -0.05) is 0 Å². The number of hydrogen-bond donors (Lipinski definition) is 0. The lowest BCUT2D eigenvalue weighted by Gasteiger charge is -2.27. The first-order valence-corrected chi connectivity index (χ1v) is 5.58. The van der Waals surface area contributed by atoms with E-state index in [-0.39, 0.29) is 6.10 Å². The fourth-order valence-corrected chi connectivity index (χ4v) is 2.05. The second-order valence-electron chi connectivity index (χ2n) is 4.23. The molecule has 0 spiro atoms. The van der Waals surface area contributed by atoms with Crippen molar-refractivity contribution in [1.82, 2.24) is 4.90 Å². The minimum absolute atomic E-state index is 0.110. The first kappa shape index (κ1) is 12.2. The second kappa shape index (κ2) is 5.31. The zero-order chi connectivity index (χ0) is 11.4. The zero-order valence-corrected chi connectivity index (χ0v) is 10.3. The van der Waals surface area contributed by atoms with Crippen LogP contribution in [0.4, 0.5) is 0 Å². The van der Waals surface area contributed by atoms with E-state index in [1.807, 2.05) is 6.92 Å². The van der Waals surface area contributed by atoms with Crippen LogP contribution in [0.3, 0.4) is 0 Å². The molecule has 0 aliphatic carbocycles. The van der Waals surface area contributed by atoms with E-state index in [9.17, 15) is 0 Å². The summed E-state index contributed by atoms with van der Waals surface area (Å²) in [5.74, 6) is 1.01. The van der Waals surface area contributed by atoms with Gasteiger partial charge in [0.25, 0.3) is 0 Å². The normalized spacial score (nSPS) is 25.1. The molecule has 0 unspecified atom stereocenters. The molecule has 1 fully saturated rings. The smallest absolute Gasteiger partial charge is 0.129 e. The average Bonchev–Trinajstić information content (AvgIpc) is 2.65. The molecule has 1 heterocycles. The summed E-state index contributed by atoms with van der Waals surface area (Å²) in [6.45, 7) is 11.1. The fraction of sp³-hybridized carbons (Fsp3) is 0.750. The van der Waals surface area contributed by atoms with Crippen LogP contribution in [0.15, 0.2) is 16.4 Å². The molecular weight excluding hydrogens is 188 g/mol. The standard InChI is InChI=1S/C12H22N2O/c1-9-7-6-8-14(9)12(13-4)10(2)11(3)15-5/h9,11H,4,6-8H2,1-3,5H3/b12-10-/t9-,11+/m0/s1. The molecule has 0 aromatic carbocycles. The van der Waals surface area contributed by atoms with Gasteiger partial charge in [-0.25, -0.2) is 4.99 Å². The van der Waals surface area contributed by atoms with Gasteiger partial charge in [-0.15, -0.1) is 0 Å². The van der Waals surface area contributed by atoms with Crippen molar-refractivity contribution >= 4 is 6.72 Å². The van der Waals surface area contributed by atoms with Crippen LogP contribution in [-0.4, -0.2) is 37.4 Å². The molecule has 0 aromatic rings. The van der Waals surface area contributed by atoms with Gasteiger partial charge >= 0.3 is 0 Å². The van der Waals surface area contributed by atoms with Gasteiger partial charge in [0.15, 0.2) is 0 Å². The maximum Gasteiger partial charge on any atom is 0.129 e. The molecule has 1 saturated heterocycles. The molecular formula is C12H22N2O. The van der Waals surface area contributed by atoms with E-state index in [1.165, 1.54) is 18.4 Å². The summed E-state index contributed by atoms with van der Waals surface area (Å²) in [7, 11) is 1.72. The molecule has 0 N–H and O–H groups in total. The maximum atomic E-state index is 5.32. The summed E-state index contributed by atoms with van der Waals surface area (Å²) in [6, 6.07) is 0.574. The van der Waals surface area contributed by atoms with E-state index in [4.69, 9.17) is 4.74 Å². The van der Waals surface area contributed by atoms with Crippen molar-refractivity contribution in [1.29, 1.82) is 0 Å². The van der Waals surface area contributed by atoms with Crippen molar-refractivity contribution in [2.75, 3.05) is 13.7 Å². The summed E-state index contributed by atoms with van der Waals surface area (Å²) in [6.07, 6.45) is 2.60. The zero-order valence-electron chi connectivity index (χ0n) is 10.3. The van der Waals surface area contributed by atoms with E-state index >= 15 is 0 Å². The Labute approximate surface area is 92.8 Å². The molecule has 0 amide bonds. The highest BCUT2D eigenvalue weighted by molar-refractivity contribution is 5.31. The predicted octanol–water partition coefficient (Wildman–Crippen LogP) is 2.44. The number of methoxy groups -OCH3 is 1. The first-order chi connectivity index (χ1) is 7.11. The fourth-order valence-electron chi connectivity index (χ4n) is 2.05. The molecule has 15 heavy (non-hydrogen) atoms. The minimum atomic E-state index is 0.110. The number of ether oxygens (including phenoxy) is 1. The Balaban J connectivity index is 2.90. The molecule has 1 aliphatic rings. The first-order valence-electron chi connectivity index (χ1n) is 5.58. The van der Waals surface area contributed by atoms with Crippen molar-refractivity contribution in [3.8, 4) is 0 Å². The average molecular weight is 210 g/mol. The molecule has 2 atom stereocenters. The third-order valence-electron chi connectivity index (χ3n) is 3.29. The van der Waals surface area contributed by atoms with Crippen LogP contribution in [-0.2, 0) is 4.74 Å². The molecule has 0 aromatic heterocycles. The van der Waals surface area contributed by atoms with Crippen LogP contribution in [0.2, 0.25) is 0 Å². The lowest BCUT2D eigenvalue weighted by atomic mass is 10.1. The molecule has 0 saturated carbocycles. The SMILES string of the molecule is C=N/C(=C(\C)[C@@H](C)OC)N1CCC[C@@H]1C. The highest BCUT2D eigenvalue weighted by atomic mass is 16.5. The van der Waals surface area contributed by atoms with Gasteiger partial charge in [0.2, 0.25) is 0 Å². The van der Waals surface area contributed by atoms with Crippen molar-refractivity contribution in [2.24, 2.45) is 4.99 Å². The largest absolute Gasteiger partial charge is 0.377 e. The van der Waals surface area contributed by atoms with E-state index in [2.05, 4.69) is 30.5 Å². The van der Waals surface area contributed by atoms with E-state index < -0.39 is 0 Å². The van der Waals surface area contributed by atoms with Gasteiger partial charge in [0.1, 0.15) is 5.82 Å². The van der Waals surface area contributed by atoms with Crippen molar-refractivity contribution in [3.05, 3.63) is 11.4 Å². The summed E-state index contributed by atoms with van der Waals surface area (Å²) >= 11 is 0. The quantitative estimate of drug-likeness (QED) is 0.666. The molecule has 3 heteroatoms. The van der Waals surface area contributed by atoms with Gasteiger partial charge in [0.05, 0.1) is 6.10 Å². The summed E-state index contributed by atoms with van der Waals surface area (Å²) < 4.78 is 5.32. The lowest BCUT2D eigenvalue weighted by molar-refractivity contribution is 0.142. The highest BCUT2D eigenvalue weighted by Crippen LogP contribution is 2.25. The number of hydrogen-bond acceptors (Lipinski definition) is 3. The maximum absolute atomic E-state index is 5.32. The van der Waals surface area contributed by atoms with Crippen LogP contribution >= 0.6 is 0 Å². The van der Waals surface area contributed by atoms with Gasteiger partial charge in [-0.2, -0.15) is 0 Å². The van der Waals surface area contributed by atoms with Crippen LogP contribution < -0.4 is 0 Å². The number of nitrogens with zero attached hydrogens (tertiary/aromatic N) is 2. The van der Waals surface area contributed by atoms with E-state index in [0.29, 0.717) is 6.04 Å². The third kappa shape index (κ3) is 2.59. The minimum Gasteiger partial charge on any atom is -0.377 e. The van der Waals surface area contributed by atoms with Gasteiger partial charge < -0.3 is 9.64 Å². The second-order valence-corrected chi connectivity index (χ2v) is 4.23. The Morgan fingerprint density at radius 3 is 2.67 bits per heavy atom. The highest BCUT2D eigenvalue weighted by Gasteiger charge is 2.24. The van der Waals surface area contributed by atoms with Gasteiger partial charge in [0, 0.05) is 19.7 Å². The Bertz CT molecular complexity index is 260. The van der Waals surface area contributed by atoms with E-state index in [0.717, 1.165) is 12.4 Å². The monoisotopic (exact) mass is 210 g/mol.